The summed E-state index contributed by atoms with van der Waals surface area (Å²) in [5, 5.41) is 3.00. The molecule has 0 bridgehead atoms. The van der Waals surface area contributed by atoms with E-state index in [1.807, 2.05) is 42.5 Å². The molecule has 4 heteroatoms. The zero-order valence-corrected chi connectivity index (χ0v) is 15.7. The molecule has 0 radical (unpaired) electrons. The van der Waals surface area contributed by atoms with Crippen molar-refractivity contribution in [1.29, 1.82) is 0 Å². The van der Waals surface area contributed by atoms with Gasteiger partial charge in [0, 0.05) is 18.7 Å². The average Bonchev–Trinajstić information content (AvgIpc) is 2.68. The van der Waals surface area contributed by atoms with Crippen LogP contribution in [0.25, 0.3) is 0 Å². The first-order valence-corrected chi connectivity index (χ1v) is 9.36. The van der Waals surface area contributed by atoms with Gasteiger partial charge in [0.15, 0.2) is 0 Å². The van der Waals surface area contributed by atoms with Gasteiger partial charge in [-0.25, -0.2) is 0 Å². The Morgan fingerprint density at radius 3 is 2.54 bits per heavy atom. The molecule has 1 aliphatic rings. The smallest absolute Gasteiger partial charge is 0.251 e. The first-order valence-electron chi connectivity index (χ1n) is 9.36. The van der Waals surface area contributed by atoms with E-state index in [1.165, 1.54) is 18.4 Å². The molecule has 3 rings (SSSR count). The maximum Gasteiger partial charge on any atom is 0.251 e. The van der Waals surface area contributed by atoms with Crippen LogP contribution in [0.15, 0.2) is 48.5 Å². The fourth-order valence-electron chi connectivity index (χ4n) is 3.32. The SMILES string of the molecule is COc1ccc(CNC(=O)c2cccc(CN3CCC(C)CC3)c2)cc1. The van der Waals surface area contributed by atoms with Crippen molar-refractivity contribution in [3.63, 3.8) is 0 Å². The molecule has 4 nitrogen and oxygen atoms in total. The Bertz CT molecular complexity index is 719. The molecule has 1 fully saturated rings. The van der Waals surface area contributed by atoms with E-state index >= 15 is 0 Å². The van der Waals surface area contributed by atoms with Gasteiger partial charge in [-0.2, -0.15) is 0 Å². The molecule has 2 aromatic carbocycles. The normalized spacial score (nSPS) is 15.6. The largest absolute Gasteiger partial charge is 0.497 e. The number of amides is 1. The maximum atomic E-state index is 12.5. The van der Waals surface area contributed by atoms with Crippen molar-refractivity contribution in [2.75, 3.05) is 20.2 Å². The van der Waals surface area contributed by atoms with Crippen molar-refractivity contribution >= 4 is 5.91 Å². The van der Waals surface area contributed by atoms with Crippen molar-refractivity contribution in [2.45, 2.75) is 32.9 Å². The van der Waals surface area contributed by atoms with Gasteiger partial charge >= 0.3 is 0 Å². The van der Waals surface area contributed by atoms with Crippen molar-refractivity contribution in [3.8, 4) is 5.75 Å². The van der Waals surface area contributed by atoms with Gasteiger partial charge in [0.25, 0.3) is 5.91 Å². The standard InChI is InChI=1S/C22H28N2O2/c1-17-10-12-24(13-11-17)16-19-4-3-5-20(14-19)22(25)23-15-18-6-8-21(26-2)9-7-18/h3-9,14,17H,10-13,15-16H2,1-2H3,(H,23,25). The van der Waals surface area contributed by atoms with Gasteiger partial charge in [-0.05, 0) is 67.2 Å². The lowest BCUT2D eigenvalue weighted by Gasteiger charge is -2.30. The highest BCUT2D eigenvalue weighted by Gasteiger charge is 2.16. The molecule has 1 aliphatic heterocycles. The number of piperidine rings is 1. The third kappa shape index (κ3) is 5.09. The second kappa shape index (κ2) is 8.86. The minimum Gasteiger partial charge on any atom is -0.497 e. The lowest BCUT2D eigenvalue weighted by Crippen LogP contribution is -2.32. The Labute approximate surface area is 156 Å². The molecule has 0 aromatic heterocycles. The summed E-state index contributed by atoms with van der Waals surface area (Å²) in [5.41, 5.74) is 2.98. The van der Waals surface area contributed by atoms with Gasteiger partial charge in [-0.3, -0.25) is 9.69 Å². The van der Waals surface area contributed by atoms with Crippen LogP contribution in [-0.4, -0.2) is 31.0 Å². The van der Waals surface area contributed by atoms with E-state index in [2.05, 4.69) is 23.2 Å². The summed E-state index contributed by atoms with van der Waals surface area (Å²) in [6, 6.07) is 15.7. The molecule has 0 saturated carbocycles. The van der Waals surface area contributed by atoms with Crippen molar-refractivity contribution < 1.29 is 9.53 Å². The monoisotopic (exact) mass is 352 g/mol. The summed E-state index contributed by atoms with van der Waals surface area (Å²) in [6.07, 6.45) is 2.53. The molecule has 1 saturated heterocycles. The summed E-state index contributed by atoms with van der Waals surface area (Å²) < 4.78 is 5.15. The lowest BCUT2D eigenvalue weighted by atomic mass is 9.98. The van der Waals surface area contributed by atoms with Crippen LogP contribution in [0.4, 0.5) is 0 Å². The number of nitrogens with one attached hydrogen (secondary N) is 1. The third-order valence-electron chi connectivity index (χ3n) is 5.08. The Kier molecular flexibility index (Phi) is 6.29. The predicted molar refractivity (Wildman–Crippen MR) is 104 cm³/mol. The molecule has 1 N–H and O–H groups in total. The fraction of sp³-hybridized carbons (Fsp3) is 0.409. The van der Waals surface area contributed by atoms with Crippen LogP contribution in [0, 0.1) is 5.92 Å². The third-order valence-corrected chi connectivity index (χ3v) is 5.08. The zero-order valence-electron chi connectivity index (χ0n) is 15.7. The minimum absolute atomic E-state index is 0.0325. The number of hydrogen-bond acceptors (Lipinski definition) is 3. The molecular weight excluding hydrogens is 324 g/mol. The molecule has 1 heterocycles. The molecule has 1 amide bonds. The van der Waals surface area contributed by atoms with Gasteiger partial charge in [0.05, 0.1) is 7.11 Å². The van der Waals surface area contributed by atoms with Gasteiger partial charge < -0.3 is 10.1 Å². The number of ether oxygens (including phenoxy) is 1. The number of methoxy groups -OCH3 is 1. The molecule has 2 aromatic rings. The van der Waals surface area contributed by atoms with Crippen LogP contribution in [0.2, 0.25) is 0 Å². The molecular formula is C22H28N2O2. The van der Waals surface area contributed by atoms with Gasteiger partial charge in [0.2, 0.25) is 0 Å². The second-order valence-electron chi connectivity index (χ2n) is 7.19. The van der Waals surface area contributed by atoms with E-state index in [4.69, 9.17) is 4.74 Å². The maximum absolute atomic E-state index is 12.5. The highest BCUT2D eigenvalue weighted by atomic mass is 16.5. The van der Waals surface area contributed by atoms with E-state index in [-0.39, 0.29) is 5.91 Å². The highest BCUT2D eigenvalue weighted by Crippen LogP contribution is 2.18. The number of benzene rings is 2. The first kappa shape index (κ1) is 18.5. The van der Waals surface area contributed by atoms with E-state index in [0.717, 1.165) is 42.4 Å². The van der Waals surface area contributed by atoms with Crippen LogP contribution in [-0.2, 0) is 13.1 Å². The number of carbonyl (C=O) groups is 1. The van der Waals surface area contributed by atoms with Crippen LogP contribution < -0.4 is 10.1 Å². The van der Waals surface area contributed by atoms with E-state index in [9.17, 15) is 4.79 Å². The summed E-state index contributed by atoms with van der Waals surface area (Å²) >= 11 is 0. The van der Waals surface area contributed by atoms with Crippen molar-refractivity contribution in [2.24, 2.45) is 5.92 Å². The zero-order chi connectivity index (χ0) is 18.4. The Balaban J connectivity index is 1.55. The summed E-state index contributed by atoms with van der Waals surface area (Å²) in [5.74, 6) is 1.62. The number of rotatable bonds is 6. The van der Waals surface area contributed by atoms with Gasteiger partial charge in [-0.15, -0.1) is 0 Å². The van der Waals surface area contributed by atoms with Crippen LogP contribution >= 0.6 is 0 Å². The Hall–Kier alpha value is -2.33. The van der Waals surface area contributed by atoms with E-state index in [0.29, 0.717) is 6.54 Å². The average molecular weight is 352 g/mol. The lowest BCUT2D eigenvalue weighted by molar-refractivity contribution is 0.0950. The molecule has 0 atom stereocenters. The van der Waals surface area contributed by atoms with Gasteiger partial charge in [-0.1, -0.05) is 31.2 Å². The predicted octanol–water partition coefficient (Wildman–Crippen LogP) is 3.86. The van der Waals surface area contributed by atoms with Gasteiger partial charge in [0.1, 0.15) is 5.75 Å². The number of hydrogen-bond donors (Lipinski definition) is 1. The van der Waals surface area contributed by atoms with E-state index in [1.54, 1.807) is 7.11 Å². The molecule has 0 unspecified atom stereocenters. The first-order chi connectivity index (χ1) is 12.6. The summed E-state index contributed by atoms with van der Waals surface area (Å²) in [4.78, 5) is 15.0. The highest BCUT2D eigenvalue weighted by molar-refractivity contribution is 5.94. The van der Waals surface area contributed by atoms with Crippen LogP contribution in [0.1, 0.15) is 41.3 Å². The van der Waals surface area contributed by atoms with Crippen LogP contribution in [0.5, 0.6) is 5.75 Å². The number of carbonyl (C=O) groups excluding carboxylic acids is 1. The quantitative estimate of drug-likeness (QED) is 0.858. The number of likely N-dealkylation sites (tertiary alicyclic amines) is 1. The Morgan fingerprint density at radius 2 is 1.85 bits per heavy atom. The fourth-order valence-corrected chi connectivity index (χ4v) is 3.32. The van der Waals surface area contributed by atoms with E-state index < -0.39 is 0 Å². The molecule has 26 heavy (non-hydrogen) atoms. The molecule has 0 aliphatic carbocycles. The summed E-state index contributed by atoms with van der Waals surface area (Å²) in [7, 11) is 1.65. The second-order valence-corrected chi connectivity index (χ2v) is 7.19. The Morgan fingerprint density at radius 1 is 1.12 bits per heavy atom. The van der Waals surface area contributed by atoms with Crippen LogP contribution in [0.3, 0.4) is 0 Å². The van der Waals surface area contributed by atoms with Crippen molar-refractivity contribution in [1.82, 2.24) is 10.2 Å². The minimum atomic E-state index is -0.0325. The topological polar surface area (TPSA) is 41.6 Å². The summed E-state index contributed by atoms with van der Waals surface area (Å²) in [6.45, 7) is 6.05. The number of nitrogens with zero attached hydrogens (tertiary/aromatic N) is 1. The molecule has 0 spiro atoms. The van der Waals surface area contributed by atoms with Crippen molar-refractivity contribution in [3.05, 3.63) is 65.2 Å². The molecule has 138 valence electrons.